The lowest BCUT2D eigenvalue weighted by atomic mass is 10.2. The largest absolute Gasteiger partial charge is 0.481 e. The summed E-state index contributed by atoms with van der Waals surface area (Å²) in [5.41, 5.74) is 0.619. The molecule has 1 aliphatic heterocycles. The van der Waals surface area contributed by atoms with Crippen LogP contribution in [-0.4, -0.2) is 32.2 Å². The average Bonchev–Trinajstić information content (AvgIpc) is 2.97. The maximum Gasteiger partial charge on any atom is 0.268 e. The summed E-state index contributed by atoms with van der Waals surface area (Å²) >= 11 is 3.37. The van der Waals surface area contributed by atoms with Gasteiger partial charge in [-0.25, -0.2) is 8.42 Å². The number of halogens is 1. The van der Waals surface area contributed by atoms with Crippen LogP contribution in [-0.2, 0) is 14.6 Å². The third-order valence-corrected chi connectivity index (χ3v) is 5.90. The molecule has 1 heterocycles. The number of amides is 1. The van der Waals surface area contributed by atoms with Crippen LogP contribution >= 0.6 is 15.9 Å². The lowest BCUT2D eigenvalue weighted by Crippen LogP contribution is -2.47. The van der Waals surface area contributed by atoms with Gasteiger partial charge < -0.3 is 9.64 Å². The van der Waals surface area contributed by atoms with Crippen molar-refractivity contribution < 1.29 is 17.9 Å². The molecule has 0 unspecified atom stereocenters. The van der Waals surface area contributed by atoms with Gasteiger partial charge in [-0.3, -0.25) is 4.79 Å². The van der Waals surface area contributed by atoms with Crippen molar-refractivity contribution >= 4 is 37.4 Å². The van der Waals surface area contributed by atoms with Crippen LogP contribution in [0.25, 0.3) is 0 Å². The van der Waals surface area contributed by atoms with Gasteiger partial charge >= 0.3 is 0 Å². The van der Waals surface area contributed by atoms with Crippen molar-refractivity contribution in [2.24, 2.45) is 0 Å². The van der Waals surface area contributed by atoms with Crippen molar-refractivity contribution in [1.82, 2.24) is 0 Å². The normalized spacial score (nSPS) is 19.1. The zero-order valence-electron chi connectivity index (χ0n) is 14.1. The van der Waals surface area contributed by atoms with E-state index in [4.69, 9.17) is 4.74 Å². The predicted octanol–water partition coefficient (Wildman–Crippen LogP) is 3.56. The maximum absolute atomic E-state index is 13.1. The minimum atomic E-state index is -3.30. The Hall–Kier alpha value is -2.12. The Morgan fingerprint density at radius 2 is 1.81 bits per heavy atom. The Labute approximate surface area is 161 Å². The van der Waals surface area contributed by atoms with Crippen LogP contribution in [0.5, 0.6) is 5.75 Å². The Morgan fingerprint density at radius 1 is 1.15 bits per heavy atom. The summed E-state index contributed by atoms with van der Waals surface area (Å²) in [5.74, 6) is 0.147. The number of carbonyl (C=O) groups excluding carboxylic acids is 1. The van der Waals surface area contributed by atoms with E-state index in [1.54, 1.807) is 37.3 Å². The van der Waals surface area contributed by atoms with Crippen molar-refractivity contribution in [1.29, 1.82) is 0 Å². The van der Waals surface area contributed by atoms with E-state index < -0.39 is 22.0 Å². The fraction of sp³-hybridized carbons (Fsp3) is 0.211. The monoisotopic (exact) mass is 435 g/mol. The van der Waals surface area contributed by atoms with Crippen LogP contribution in [0.3, 0.4) is 0 Å². The van der Waals surface area contributed by atoms with Crippen LogP contribution < -0.4 is 9.64 Å². The number of hydrogen-bond donors (Lipinski definition) is 0. The van der Waals surface area contributed by atoms with Gasteiger partial charge in [0.2, 0.25) is 0 Å². The van der Waals surface area contributed by atoms with Crippen molar-refractivity contribution in [2.75, 3.05) is 10.7 Å². The molecule has 2 atom stereocenters. The highest BCUT2D eigenvalue weighted by Gasteiger charge is 2.34. The van der Waals surface area contributed by atoms with Gasteiger partial charge in [0.25, 0.3) is 5.91 Å². The molecule has 0 saturated carbocycles. The molecule has 0 aromatic heterocycles. The van der Waals surface area contributed by atoms with E-state index in [0.29, 0.717) is 11.4 Å². The zero-order chi connectivity index (χ0) is 18.7. The van der Waals surface area contributed by atoms with Gasteiger partial charge in [-0.2, -0.15) is 0 Å². The molecular formula is C19H18BrNO4S. The lowest BCUT2D eigenvalue weighted by Gasteiger charge is -2.30. The second-order valence-corrected chi connectivity index (χ2v) is 8.83. The number of anilines is 1. The predicted molar refractivity (Wildman–Crippen MR) is 105 cm³/mol. The first-order chi connectivity index (χ1) is 12.4. The number of rotatable bonds is 5. The van der Waals surface area contributed by atoms with E-state index in [9.17, 15) is 13.2 Å². The van der Waals surface area contributed by atoms with Gasteiger partial charge in [-0.15, -0.1) is 0 Å². The van der Waals surface area contributed by atoms with Gasteiger partial charge in [0.15, 0.2) is 15.9 Å². The number of hydrogen-bond acceptors (Lipinski definition) is 4. The zero-order valence-corrected chi connectivity index (χ0v) is 16.5. The molecule has 2 aromatic rings. The Morgan fingerprint density at radius 3 is 2.38 bits per heavy atom. The van der Waals surface area contributed by atoms with Gasteiger partial charge in [0.1, 0.15) is 5.75 Å². The molecule has 0 spiro atoms. The number of ether oxygens (including phenoxy) is 1. The van der Waals surface area contributed by atoms with Crippen molar-refractivity contribution in [2.45, 2.75) is 19.1 Å². The molecule has 5 nitrogen and oxygen atoms in total. The SMILES string of the molecule is C[C@@H](Oc1ccccc1)C(=O)N(c1ccc(Br)cc1)[C@H]1C=CS(=O)(=O)C1. The third kappa shape index (κ3) is 4.34. The summed E-state index contributed by atoms with van der Waals surface area (Å²) in [5, 5.41) is 1.17. The van der Waals surface area contributed by atoms with Crippen LogP contribution in [0.4, 0.5) is 5.69 Å². The van der Waals surface area contributed by atoms with E-state index in [0.717, 1.165) is 4.47 Å². The standard InChI is InChI=1S/C19H18BrNO4S/c1-14(25-18-5-3-2-4-6-18)19(22)21(16-9-7-15(20)8-10-16)17-11-12-26(23,24)13-17/h2-12,14,17H,13H2,1H3/t14-,17+/m1/s1. The second kappa shape index (κ2) is 7.63. The Bertz CT molecular complexity index is 910. The second-order valence-electron chi connectivity index (χ2n) is 5.98. The van der Waals surface area contributed by atoms with Gasteiger partial charge in [-0.1, -0.05) is 34.1 Å². The molecule has 2 aromatic carbocycles. The molecule has 0 saturated heterocycles. The smallest absolute Gasteiger partial charge is 0.268 e. The van der Waals surface area contributed by atoms with Crippen molar-refractivity contribution in [3.8, 4) is 5.75 Å². The molecule has 0 N–H and O–H groups in total. The molecule has 7 heteroatoms. The Kier molecular flexibility index (Phi) is 5.48. The first kappa shape index (κ1) is 18.7. The topological polar surface area (TPSA) is 63.7 Å². The van der Waals surface area contributed by atoms with Crippen LogP contribution in [0.1, 0.15) is 6.92 Å². The quantitative estimate of drug-likeness (QED) is 0.719. The fourth-order valence-corrected chi connectivity index (χ4v) is 4.29. The molecule has 1 aliphatic rings. The number of nitrogens with zero attached hydrogens (tertiary/aromatic N) is 1. The summed E-state index contributed by atoms with van der Waals surface area (Å²) in [7, 11) is -3.30. The molecular weight excluding hydrogens is 418 g/mol. The molecule has 0 aliphatic carbocycles. The summed E-state index contributed by atoms with van der Waals surface area (Å²) in [6.45, 7) is 1.66. The Balaban J connectivity index is 1.88. The summed E-state index contributed by atoms with van der Waals surface area (Å²) in [4.78, 5) is 14.6. The highest BCUT2D eigenvalue weighted by Crippen LogP contribution is 2.26. The van der Waals surface area contributed by atoms with Crippen molar-refractivity contribution in [3.63, 3.8) is 0 Å². The van der Waals surface area contributed by atoms with E-state index in [-0.39, 0.29) is 11.7 Å². The van der Waals surface area contributed by atoms with E-state index in [1.807, 2.05) is 30.3 Å². The summed E-state index contributed by atoms with van der Waals surface area (Å²) in [6, 6.07) is 15.7. The third-order valence-electron chi connectivity index (χ3n) is 3.99. The number of para-hydroxylation sites is 1. The highest BCUT2D eigenvalue weighted by atomic mass is 79.9. The molecule has 0 fully saturated rings. The first-order valence-electron chi connectivity index (χ1n) is 8.07. The number of benzene rings is 2. The molecule has 26 heavy (non-hydrogen) atoms. The van der Waals surface area contributed by atoms with Gasteiger partial charge in [-0.05, 0) is 49.4 Å². The molecule has 0 radical (unpaired) electrons. The van der Waals surface area contributed by atoms with Crippen LogP contribution in [0.2, 0.25) is 0 Å². The van der Waals surface area contributed by atoms with Crippen LogP contribution in [0, 0.1) is 0 Å². The average molecular weight is 436 g/mol. The van der Waals surface area contributed by atoms with E-state index in [1.165, 1.54) is 10.3 Å². The molecule has 136 valence electrons. The lowest BCUT2D eigenvalue weighted by molar-refractivity contribution is -0.124. The van der Waals surface area contributed by atoms with E-state index >= 15 is 0 Å². The minimum Gasteiger partial charge on any atom is -0.481 e. The van der Waals surface area contributed by atoms with Crippen molar-refractivity contribution in [3.05, 3.63) is 70.6 Å². The molecule has 0 bridgehead atoms. The summed E-state index contributed by atoms with van der Waals surface area (Å²) in [6.07, 6.45) is 0.780. The molecule has 3 rings (SSSR count). The van der Waals surface area contributed by atoms with Crippen LogP contribution in [0.15, 0.2) is 70.6 Å². The van der Waals surface area contributed by atoms with Gasteiger partial charge in [0.05, 0.1) is 11.8 Å². The van der Waals surface area contributed by atoms with Gasteiger partial charge in [0, 0.05) is 15.6 Å². The first-order valence-corrected chi connectivity index (χ1v) is 10.6. The van der Waals surface area contributed by atoms with E-state index in [2.05, 4.69) is 15.9 Å². The maximum atomic E-state index is 13.1. The molecule has 1 amide bonds. The minimum absolute atomic E-state index is 0.132. The number of carbonyl (C=O) groups is 1. The number of sulfone groups is 1. The fourth-order valence-electron chi connectivity index (χ4n) is 2.75. The highest BCUT2D eigenvalue weighted by molar-refractivity contribution is 9.10. The summed E-state index contributed by atoms with van der Waals surface area (Å²) < 4.78 is 30.3.